The Morgan fingerprint density at radius 1 is 1.07 bits per heavy atom. The lowest BCUT2D eigenvalue weighted by atomic mass is 9.84. The molecule has 2 aromatic carbocycles. The number of hydrogen-bond acceptors (Lipinski definition) is 0. The van der Waals surface area contributed by atoms with E-state index in [1.165, 1.54) is 55.2 Å². The fourth-order valence-electron chi connectivity index (χ4n) is 4.58. The fourth-order valence-corrected chi connectivity index (χ4v) is 4.58. The molecule has 0 amide bonds. The average molecular weight is 354 g/mol. The van der Waals surface area contributed by atoms with Crippen LogP contribution in [0.4, 0.5) is 0 Å². The monoisotopic (exact) mass is 353 g/mol. The number of allylic oxidation sites excluding steroid dienone is 4. The molecule has 0 radical (unpaired) electrons. The van der Waals surface area contributed by atoms with Crippen molar-refractivity contribution in [3.63, 3.8) is 0 Å². The van der Waals surface area contributed by atoms with Gasteiger partial charge in [0.1, 0.15) is 0 Å². The largest absolute Gasteiger partial charge is 0.357 e. The third kappa shape index (κ3) is 2.70. The molecular weight excluding hydrogens is 326 g/mol. The second-order valence-corrected chi connectivity index (χ2v) is 7.39. The van der Waals surface area contributed by atoms with Gasteiger partial charge in [-0.2, -0.15) is 0 Å². The maximum Gasteiger partial charge on any atom is 0.0548 e. The number of benzene rings is 2. The summed E-state index contributed by atoms with van der Waals surface area (Å²) in [5.41, 5.74) is 9.52. The molecule has 0 spiro atoms. The molecule has 4 rings (SSSR count). The van der Waals surface area contributed by atoms with Crippen LogP contribution in [0.2, 0.25) is 0 Å². The Hall–Kier alpha value is -2.80. The molecule has 136 valence electrons. The van der Waals surface area contributed by atoms with Crippen molar-refractivity contribution < 1.29 is 0 Å². The number of aryl methyl sites for hydroxylation is 1. The first kappa shape index (κ1) is 17.6. The first-order chi connectivity index (χ1) is 13.2. The number of aromatic nitrogens is 1. The molecule has 1 aromatic heterocycles. The zero-order valence-electron chi connectivity index (χ0n) is 16.4. The van der Waals surface area contributed by atoms with Crippen molar-refractivity contribution in [2.75, 3.05) is 0 Å². The Balaban J connectivity index is 2.18. The summed E-state index contributed by atoms with van der Waals surface area (Å²) in [5.74, 6) is 0. The highest BCUT2D eigenvalue weighted by Gasteiger charge is 2.24. The maximum atomic E-state index is 4.14. The highest BCUT2D eigenvalue weighted by atomic mass is 14.7. The number of hydrogen-bond donors (Lipinski definition) is 1. The van der Waals surface area contributed by atoms with Crippen molar-refractivity contribution in [2.24, 2.45) is 0 Å². The average Bonchev–Trinajstić information content (AvgIpc) is 3.07. The van der Waals surface area contributed by atoms with Gasteiger partial charge in [-0.25, -0.2) is 0 Å². The van der Waals surface area contributed by atoms with Gasteiger partial charge < -0.3 is 4.98 Å². The van der Waals surface area contributed by atoms with Crippen LogP contribution in [0.25, 0.3) is 39.4 Å². The van der Waals surface area contributed by atoms with Crippen LogP contribution in [0.5, 0.6) is 0 Å². The number of H-pyrrole nitrogens is 1. The molecule has 1 aliphatic carbocycles. The van der Waals surface area contributed by atoms with Crippen molar-refractivity contribution in [3.8, 4) is 0 Å². The summed E-state index contributed by atoms with van der Waals surface area (Å²) in [5, 5.41) is 3.99. The van der Waals surface area contributed by atoms with E-state index < -0.39 is 0 Å². The molecule has 0 unspecified atom stereocenters. The summed E-state index contributed by atoms with van der Waals surface area (Å²) < 4.78 is 0. The van der Waals surface area contributed by atoms with Crippen LogP contribution >= 0.6 is 0 Å². The van der Waals surface area contributed by atoms with Gasteiger partial charge in [0, 0.05) is 22.2 Å². The molecule has 0 bridgehead atoms. The van der Waals surface area contributed by atoms with Gasteiger partial charge in [-0.1, -0.05) is 60.7 Å². The molecule has 0 fully saturated rings. The number of rotatable bonds is 5. The SMILES string of the molecule is C=CCCC1=C(C)CCc2[nH]c3c(C=C)c(/C=C\C)c4ccccc4c3c21. The number of aromatic amines is 1. The quantitative estimate of drug-likeness (QED) is 0.453. The van der Waals surface area contributed by atoms with Crippen molar-refractivity contribution >= 4 is 39.4 Å². The third-order valence-electron chi connectivity index (χ3n) is 5.83. The van der Waals surface area contributed by atoms with Crippen molar-refractivity contribution in [1.82, 2.24) is 4.98 Å². The minimum atomic E-state index is 1.02. The van der Waals surface area contributed by atoms with Crippen LogP contribution in [0, 0.1) is 0 Å². The fraction of sp³-hybridized carbons (Fsp3) is 0.231. The lowest BCUT2D eigenvalue weighted by Crippen LogP contribution is -2.02. The summed E-state index contributed by atoms with van der Waals surface area (Å²) >= 11 is 0. The highest BCUT2D eigenvalue weighted by Crippen LogP contribution is 2.44. The normalized spacial score (nSPS) is 14.3. The van der Waals surface area contributed by atoms with Crippen LogP contribution in [0.15, 0.2) is 55.1 Å². The van der Waals surface area contributed by atoms with E-state index >= 15 is 0 Å². The predicted octanol–water partition coefficient (Wildman–Crippen LogP) is 7.68. The molecule has 0 atom stereocenters. The zero-order chi connectivity index (χ0) is 19.0. The number of fused-ring (bicyclic) bond motifs is 5. The van der Waals surface area contributed by atoms with Crippen LogP contribution < -0.4 is 0 Å². The Morgan fingerprint density at radius 3 is 2.56 bits per heavy atom. The topological polar surface area (TPSA) is 15.8 Å². The minimum Gasteiger partial charge on any atom is -0.357 e. The van der Waals surface area contributed by atoms with E-state index in [1.54, 1.807) is 0 Å². The molecule has 3 aromatic rings. The molecule has 1 nitrogen and oxygen atoms in total. The first-order valence-electron chi connectivity index (χ1n) is 9.85. The highest BCUT2D eigenvalue weighted by molar-refractivity contribution is 6.18. The van der Waals surface area contributed by atoms with E-state index in [1.807, 2.05) is 12.2 Å². The van der Waals surface area contributed by atoms with Gasteiger partial charge in [0.15, 0.2) is 0 Å². The van der Waals surface area contributed by atoms with E-state index in [0.717, 1.165) is 25.7 Å². The van der Waals surface area contributed by atoms with Gasteiger partial charge in [-0.15, -0.1) is 6.58 Å². The van der Waals surface area contributed by atoms with Crippen LogP contribution in [0.1, 0.15) is 55.5 Å². The Morgan fingerprint density at radius 2 is 1.85 bits per heavy atom. The summed E-state index contributed by atoms with van der Waals surface area (Å²) in [6, 6.07) is 8.78. The van der Waals surface area contributed by atoms with Crippen molar-refractivity contribution in [1.29, 1.82) is 0 Å². The van der Waals surface area contributed by atoms with Gasteiger partial charge in [0.2, 0.25) is 0 Å². The molecule has 1 N–H and O–H groups in total. The Kier molecular flexibility index (Phi) is 4.61. The van der Waals surface area contributed by atoms with Crippen LogP contribution in [-0.4, -0.2) is 4.98 Å². The summed E-state index contributed by atoms with van der Waals surface area (Å²) in [7, 11) is 0. The minimum absolute atomic E-state index is 1.02. The predicted molar refractivity (Wildman–Crippen MR) is 121 cm³/mol. The Labute approximate surface area is 161 Å². The van der Waals surface area contributed by atoms with E-state index in [2.05, 4.69) is 68.4 Å². The van der Waals surface area contributed by atoms with Gasteiger partial charge in [0.25, 0.3) is 0 Å². The van der Waals surface area contributed by atoms with Gasteiger partial charge in [0.05, 0.1) is 5.52 Å². The maximum absolute atomic E-state index is 4.14. The molecule has 27 heavy (non-hydrogen) atoms. The zero-order valence-corrected chi connectivity index (χ0v) is 16.4. The van der Waals surface area contributed by atoms with Crippen LogP contribution in [-0.2, 0) is 6.42 Å². The van der Waals surface area contributed by atoms with E-state index in [-0.39, 0.29) is 0 Å². The third-order valence-corrected chi connectivity index (χ3v) is 5.83. The molecule has 1 heteroatoms. The van der Waals surface area contributed by atoms with E-state index in [9.17, 15) is 0 Å². The molecule has 0 saturated carbocycles. The molecule has 0 saturated heterocycles. The lowest BCUT2D eigenvalue weighted by Gasteiger charge is -2.19. The van der Waals surface area contributed by atoms with Gasteiger partial charge >= 0.3 is 0 Å². The first-order valence-corrected chi connectivity index (χ1v) is 9.85. The molecule has 1 aliphatic rings. The second kappa shape index (κ2) is 7.08. The van der Waals surface area contributed by atoms with Crippen molar-refractivity contribution in [3.05, 3.63) is 77.5 Å². The van der Waals surface area contributed by atoms with E-state index in [0.29, 0.717) is 0 Å². The van der Waals surface area contributed by atoms with Crippen molar-refractivity contribution in [2.45, 2.75) is 39.5 Å². The summed E-state index contributed by atoms with van der Waals surface area (Å²) in [4.78, 5) is 3.79. The second-order valence-electron chi connectivity index (χ2n) is 7.39. The standard InChI is InChI=1S/C26H27N/c1-5-8-12-19-17(4)15-16-23-24(19)25-22-14-10-9-13-21(22)20(11-6-2)18(7-3)26(25)27-23/h5-7,9-11,13-14,27H,1,3,8,12,15-16H2,2,4H3/b11-6-. The number of nitrogens with one attached hydrogen (secondary N) is 1. The van der Waals surface area contributed by atoms with Gasteiger partial charge in [-0.3, -0.25) is 0 Å². The molecular formula is C26H27N. The van der Waals surface area contributed by atoms with E-state index in [4.69, 9.17) is 0 Å². The Bertz CT molecular complexity index is 1120. The molecule has 1 heterocycles. The lowest BCUT2D eigenvalue weighted by molar-refractivity contribution is 0.874. The summed E-state index contributed by atoms with van der Waals surface area (Å²) in [6.45, 7) is 12.4. The molecule has 0 aliphatic heterocycles. The smallest absolute Gasteiger partial charge is 0.0548 e. The summed E-state index contributed by atoms with van der Waals surface area (Å²) in [6.07, 6.45) is 12.6. The van der Waals surface area contributed by atoms with Crippen LogP contribution in [0.3, 0.4) is 0 Å². The van der Waals surface area contributed by atoms with Gasteiger partial charge in [-0.05, 0) is 61.4 Å².